The van der Waals surface area contributed by atoms with Crippen molar-refractivity contribution in [2.75, 3.05) is 11.9 Å². The molecule has 3 rings (SSSR count). The highest BCUT2D eigenvalue weighted by molar-refractivity contribution is 7.89. The summed E-state index contributed by atoms with van der Waals surface area (Å²) in [5, 5.41) is 14.3. The van der Waals surface area contributed by atoms with Gasteiger partial charge in [0, 0.05) is 31.9 Å². The Bertz CT molecular complexity index is 1220. The summed E-state index contributed by atoms with van der Waals surface area (Å²) in [5.41, 5.74) is 1.01. The van der Waals surface area contributed by atoms with Gasteiger partial charge in [0.15, 0.2) is 0 Å². The van der Waals surface area contributed by atoms with Crippen LogP contribution in [0.4, 0.5) is 5.69 Å². The Morgan fingerprint density at radius 1 is 0.903 bits per heavy atom. The molecular formula is C21H17Cl3N2O4S. The van der Waals surface area contributed by atoms with Crippen molar-refractivity contribution in [1.82, 2.24) is 4.72 Å². The molecule has 1 amide bonds. The molecule has 0 saturated carbocycles. The highest BCUT2D eigenvalue weighted by Crippen LogP contribution is 2.34. The summed E-state index contributed by atoms with van der Waals surface area (Å²) in [5.74, 6) is -0.638. The fourth-order valence-electron chi connectivity index (χ4n) is 2.81. The molecule has 0 heterocycles. The first-order valence-electron chi connectivity index (χ1n) is 8.94. The van der Waals surface area contributed by atoms with Gasteiger partial charge in [0.05, 0.1) is 11.4 Å². The predicted octanol–water partition coefficient (Wildman–Crippen LogP) is 4.65. The number of hydrogen-bond donors (Lipinski definition) is 3. The van der Waals surface area contributed by atoms with Crippen molar-refractivity contribution in [3.05, 3.63) is 92.9 Å². The molecular weight excluding hydrogens is 483 g/mol. The summed E-state index contributed by atoms with van der Waals surface area (Å²) in [4.78, 5) is 12.4. The van der Waals surface area contributed by atoms with Crippen LogP contribution in [0.2, 0.25) is 15.1 Å². The Labute approximate surface area is 194 Å². The van der Waals surface area contributed by atoms with Gasteiger partial charge in [-0.05, 0) is 42.5 Å². The number of benzene rings is 3. The summed E-state index contributed by atoms with van der Waals surface area (Å²) in [6, 6.07) is 17.0. The minimum absolute atomic E-state index is 0.0610. The van der Waals surface area contributed by atoms with Crippen LogP contribution in [0.15, 0.2) is 71.6 Å². The molecule has 0 aromatic heterocycles. The Hall–Kier alpha value is -2.13. The van der Waals surface area contributed by atoms with Crippen molar-refractivity contribution in [1.29, 1.82) is 0 Å². The molecule has 0 aliphatic heterocycles. The zero-order valence-electron chi connectivity index (χ0n) is 15.8. The Kier molecular flexibility index (Phi) is 7.59. The van der Waals surface area contributed by atoms with Gasteiger partial charge in [0.2, 0.25) is 15.9 Å². The number of halogens is 3. The second-order valence-electron chi connectivity index (χ2n) is 6.49. The van der Waals surface area contributed by atoms with Crippen LogP contribution in [0.5, 0.6) is 0 Å². The minimum Gasteiger partial charge on any atom is -0.384 e. The first-order chi connectivity index (χ1) is 14.7. The monoisotopic (exact) mass is 498 g/mol. The van der Waals surface area contributed by atoms with Crippen molar-refractivity contribution in [2.45, 2.75) is 11.0 Å². The van der Waals surface area contributed by atoms with E-state index in [1.807, 2.05) is 0 Å². The Morgan fingerprint density at radius 2 is 1.61 bits per heavy atom. The standard InChI is InChI=1S/C21H17Cl3N2O4S/c22-13-4-3-5-15(10-13)31(29,30)25-12-20(27)26-19-9-8-14(23)11-17(19)21(28)16-6-1-2-7-18(16)24/h1-11,21,25,28H,12H2,(H,26,27). The summed E-state index contributed by atoms with van der Waals surface area (Å²) in [6.07, 6.45) is -1.16. The third-order valence-electron chi connectivity index (χ3n) is 4.31. The van der Waals surface area contributed by atoms with Crippen molar-refractivity contribution in [3.8, 4) is 0 Å². The number of aliphatic hydroxyl groups is 1. The van der Waals surface area contributed by atoms with Crippen LogP contribution in [0.3, 0.4) is 0 Å². The first-order valence-corrected chi connectivity index (χ1v) is 11.6. The van der Waals surface area contributed by atoms with Crippen LogP contribution in [0, 0.1) is 0 Å². The quantitative estimate of drug-likeness (QED) is 0.441. The lowest BCUT2D eigenvalue weighted by atomic mass is 9.99. The number of hydrogen-bond acceptors (Lipinski definition) is 4. The number of carbonyl (C=O) groups is 1. The average molecular weight is 500 g/mol. The topological polar surface area (TPSA) is 95.5 Å². The lowest BCUT2D eigenvalue weighted by Gasteiger charge is -2.18. The maximum Gasteiger partial charge on any atom is 0.241 e. The Balaban J connectivity index is 1.77. The van der Waals surface area contributed by atoms with Crippen LogP contribution >= 0.6 is 34.8 Å². The van der Waals surface area contributed by atoms with E-state index in [9.17, 15) is 18.3 Å². The van der Waals surface area contributed by atoms with Gasteiger partial charge in [-0.15, -0.1) is 0 Å². The van der Waals surface area contributed by atoms with Gasteiger partial charge < -0.3 is 10.4 Å². The minimum atomic E-state index is -3.94. The Morgan fingerprint density at radius 3 is 2.32 bits per heavy atom. The largest absolute Gasteiger partial charge is 0.384 e. The molecule has 6 nitrogen and oxygen atoms in total. The van der Waals surface area contributed by atoms with E-state index in [0.29, 0.717) is 21.2 Å². The second-order valence-corrected chi connectivity index (χ2v) is 9.53. The molecule has 162 valence electrons. The number of anilines is 1. The van der Waals surface area contributed by atoms with Crippen molar-refractivity contribution in [2.24, 2.45) is 0 Å². The van der Waals surface area contributed by atoms with Gasteiger partial charge in [-0.2, -0.15) is 0 Å². The summed E-state index contributed by atoms with van der Waals surface area (Å²) in [6.45, 7) is -0.529. The molecule has 1 unspecified atom stereocenters. The van der Waals surface area contributed by atoms with Crippen molar-refractivity contribution >= 4 is 56.4 Å². The molecule has 0 aliphatic carbocycles. The molecule has 0 bridgehead atoms. The second kappa shape index (κ2) is 9.99. The van der Waals surface area contributed by atoms with Crippen molar-refractivity contribution < 1.29 is 18.3 Å². The van der Waals surface area contributed by atoms with Crippen LogP contribution in [0.1, 0.15) is 17.2 Å². The smallest absolute Gasteiger partial charge is 0.241 e. The van der Waals surface area contributed by atoms with E-state index in [1.54, 1.807) is 30.3 Å². The van der Waals surface area contributed by atoms with Gasteiger partial charge in [-0.25, -0.2) is 13.1 Å². The highest BCUT2D eigenvalue weighted by atomic mass is 35.5. The van der Waals surface area contributed by atoms with Crippen LogP contribution in [0.25, 0.3) is 0 Å². The zero-order chi connectivity index (χ0) is 22.6. The van der Waals surface area contributed by atoms with E-state index in [1.165, 1.54) is 36.4 Å². The highest BCUT2D eigenvalue weighted by Gasteiger charge is 2.20. The third-order valence-corrected chi connectivity index (χ3v) is 6.52. The number of aliphatic hydroxyl groups excluding tert-OH is 1. The van der Waals surface area contributed by atoms with E-state index in [0.717, 1.165) is 0 Å². The lowest BCUT2D eigenvalue weighted by Crippen LogP contribution is -2.33. The van der Waals surface area contributed by atoms with E-state index in [2.05, 4.69) is 10.0 Å². The van der Waals surface area contributed by atoms with Crippen LogP contribution < -0.4 is 10.0 Å². The van der Waals surface area contributed by atoms with Gasteiger partial charge in [0.25, 0.3) is 0 Å². The fourth-order valence-corrected chi connectivity index (χ4v) is 4.51. The first kappa shape index (κ1) is 23.5. The number of carbonyl (C=O) groups excluding carboxylic acids is 1. The van der Waals surface area contributed by atoms with E-state index in [-0.39, 0.29) is 15.6 Å². The molecule has 0 aliphatic rings. The maximum atomic E-state index is 12.4. The molecule has 31 heavy (non-hydrogen) atoms. The van der Waals surface area contributed by atoms with Crippen LogP contribution in [-0.4, -0.2) is 26.0 Å². The maximum absolute atomic E-state index is 12.4. The summed E-state index contributed by atoms with van der Waals surface area (Å²) < 4.78 is 26.9. The number of nitrogens with one attached hydrogen (secondary N) is 2. The summed E-state index contributed by atoms with van der Waals surface area (Å²) >= 11 is 18.1. The molecule has 3 aromatic rings. The van der Waals surface area contributed by atoms with E-state index < -0.39 is 28.6 Å². The van der Waals surface area contributed by atoms with Crippen molar-refractivity contribution in [3.63, 3.8) is 0 Å². The van der Waals surface area contributed by atoms with Gasteiger partial charge >= 0.3 is 0 Å². The van der Waals surface area contributed by atoms with Crippen LogP contribution in [-0.2, 0) is 14.8 Å². The van der Waals surface area contributed by atoms with Gasteiger partial charge in [-0.3, -0.25) is 4.79 Å². The predicted molar refractivity (Wildman–Crippen MR) is 122 cm³/mol. The number of amides is 1. The lowest BCUT2D eigenvalue weighted by molar-refractivity contribution is -0.115. The number of sulfonamides is 1. The zero-order valence-corrected chi connectivity index (χ0v) is 18.9. The molecule has 0 fully saturated rings. The summed E-state index contributed by atoms with van der Waals surface area (Å²) in [7, 11) is -3.94. The molecule has 1 atom stereocenters. The molecule has 10 heteroatoms. The van der Waals surface area contributed by atoms with Gasteiger partial charge in [0.1, 0.15) is 6.10 Å². The third kappa shape index (κ3) is 5.98. The SMILES string of the molecule is O=C(CNS(=O)(=O)c1cccc(Cl)c1)Nc1ccc(Cl)cc1C(O)c1ccccc1Cl. The molecule has 0 saturated heterocycles. The van der Waals surface area contributed by atoms with Gasteiger partial charge in [-0.1, -0.05) is 59.1 Å². The fraction of sp³-hybridized carbons (Fsp3) is 0.0952. The normalized spacial score (nSPS) is 12.4. The number of rotatable bonds is 7. The molecule has 3 aromatic carbocycles. The van der Waals surface area contributed by atoms with E-state index in [4.69, 9.17) is 34.8 Å². The molecule has 0 spiro atoms. The van der Waals surface area contributed by atoms with E-state index >= 15 is 0 Å². The molecule has 3 N–H and O–H groups in total. The average Bonchev–Trinajstić information content (AvgIpc) is 2.73. The molecule has 0 radical (unpaired) electrons.